The number of benzene rings is 7. The maximum absolute atomic E-state index is 6.61. The predicted molar refractivity (Wildman–Crippen MR) is 184 cm³/mol. The lowest BCUT2D eigenvalue weighted by Crippen LogP contribution is -2.00. The Morgan fingerprint density at radius 1 is 0.356 bits per heavy atom. The summed E-state index contributed by atoms with van der Waals surface area (Å²) in [6, 6.07) is 52.2. The summed E-state index contributed by atoms with van der Waals surface area (Å²) in [5.74, 6) is 1.89. The van der Waals surface area contributed by atoms with Crippen LogP contribution in [0, 0.1) is 0 Å². The van der Waals surface area contributed by atoms with Gasteiger partial charge in [0.25, 0.3) is 0 Å². The third-order valence-corrected chi connectivity index (χ3v) is 8.48. The Balaban J connectivity index is 1.27. The van der Waals surface area contributed by atoms with Crippen molar-refractivity contribution in [3.8, 4) is 45.3 Å². The highest BCUT2D eigenvalue weighted by Gasteiger charge is 2.18. The zero-order valence-corrected chi connectivity index (χ0v) is 24.2. The molecule has 0 aliphatic heterocycles. The molecule has 0 aliphatic carbocycles. The molecule has 0 saturated carbocycles. The molecule has 0 spiro atoms. The van der Waals surface area contributed by atoms with E-state index in [1.54, 1.807) is 0 Å². The molecule has 4 heteroatoms. The standard InChI is InChI=1S/C41H25N3O/c1-3-12-27(13-4-1)37-33-18-10-9-17-30(33)24-35-34-25-32(21-22-36(34)45-38(35)37)41-43-39(28-14-5-2-6-15-28)42-40(44-41)31-20-19-26-11-7-8-16-29(26)23-31/h1-25H. The van der Waals surface area contributed by atoms with Gasteiger partial charge in [0.2, 0.25) is 0 Å². The quantitative estimate of drug-likeness (QED) is 0.209. The smallest absolute Gasteiger partial charge is 0.164 e. The zero-order chi connectivity index (χ0) is 29.7. The highest BCUT2D eigenvalue weighted by atomic mass is 16.3. The third kappa shape index (κ3) is 4.35. The second kappa shape index (κ2) is 10.2. The fourth-order valence-electron chi connectivity index (χ4n) is 6.28. The van der Waals surface area contributed by atoms with E-state index < -0.39 is 0 Å². The van der Waals surface area contributed by atoms with Crippen LogP contribution < -0.4 is 0 Å². The van der Waals surface area contributed by atoms with Gasteiger partial charge in [-0.25, -0.2) is 15.0 Å². The SMILES string of the molecule is c1ccc(-c2nc(-c3ccc4ccccc4c3)nc(-c3ccc4oc5c(-c6ccccc6)c6ccccc6cc5c4c3)n2)cc1. The van der Waals surface area contributed by atoms with E-state index in [1.165, 1.54) is 16.2 Å². The van der Waals surface area contributed by atoms with Gasteiger partial charge in [0.15, 0.2) is 17.5 Å². The number of hydrogen-bond donors (Lipinski definition) is 0. The van der Waals surface area contributed by atoms with Gasteiger partial charge in [-0.2, -0.15) is 0 Å². The van der Waals surface area contributed by atoms with Gasteiger partial charge in [0.05, 0.1) is 0 Å². The van der Waals surface area contributed by atoms with E-state index >= 15 is 0 Å². The minimum absolute atomic E-state index is 0.618. The minimum Gasteiger partial charge on any atom is -0.455 e. The molecule has 9 rings (SSSR count). The lowest BCUT2D eigenvalue weighted by Gasteiger charge is -2.09. The first-order valence-corrected chi connectivity index (χ1v) is 15.0. The van der Waals surface area contributed by atoms with Crippen LogP contribution in [0.5, 0.6) is 0 Å². The zero-order valence-electron chi connectivity index (χ0n) is 24.2. The summed E-state index contributed by atoms with van der Waals surface area (Å²) in [5, 5.41) is 6.75. The number of furan rings is 1. The van der Waals surface area contributed by atoms with Crippen LogP contribution in [0.4, 0.5) is 0 Å². The number of nitrogens with zero attached hydrogens (tertiary/aromatic N) is 3. The molecule has 0 saturated heterocycles. The summed E-state index contributed by atoms with van der Waals surface area (Å²) in [7, 11) is 0. The topological polar surface area (TPSA) is 51.8 Å². The fraction of sp³-hybridized carbons (Fsp3) is 0. The summed E-state index contributed by atoms with van der Waals surface area (Å²) < 4.78 is 6.61. The Kier molecular flexibility index (Phi) is 5.78. The van der Waals surface area contributed by atoms with Crippen molar-refractivity contribution >= 4 is 43.5 Å². The fourth-order valence-corrected chi connectivity index (χ4v) is 6.28. The average Bonchev–Trinajstić information content (AvgIpc) is 3.48. The van der Waals surface area contributed by atoms with Gasteiger partial charge in [0, 0.05) is 33.0 Å². The van der Waals surface area contributed by atoms with Crippen molar-refractivity contribution in [3.05, 3.63) is 152 Å². The van der Waals surface area contributed by atoms with E-state index in [1.807, 2.05) is 48.5 Å². The third-order valence-electron chi connectivity index (χ3n) is 8.48. The van der Waals surface area contributed by atoms with Gasteiger partial charge >= 0.3 is 0 Å². The Morgan fingerprint density at radius 3 is 1.69 bits per heavy atom. The second-order valence-electron chi connectivity index (χ2n) is 11.3. The summed E-state index contributed by atoms with van der Waals surface area (Å²) in [5.41, 5.74) is 6.73. The Hall–Kier alpha value is -6.13. The molecule has 9 aromatic rings. The highest BCUT2D eigenvalue weighted by molar-refractivity contribution is 6.18. The largest absolute Gasteiger partial charge is 0.455 e. The van der Waals surface area contributed by atoms with Crippen molar-refractivity contribution in [1.29, 1.82) is 0 Å². The van der Waals surface area contributed by atoms with Crippen molar-refractivity contribution in [3.63, 3.8) is 0 Å². The van der Waals surface area contributed by atoms with Crippen LogP contribution in [0.25, 0.3) is 88.8 Å². The maximum Gasteiger partial charge on any atom is 0.164 e. The lowest BCUT2D eigenvalue weighted by molar-refractivity contribution is 0.670. The summed E-state index contributed by atoms with van der Waals surface area (Å²) in [4.78, 5) is 15.0. The molecule has 0 atom stereocenters. The number of aromatic nitrogens is 3. The van der Waals surface area contributed by atoms with Gasteiger partial charge in [-0.3, -0.25) is 0 Å². The Morgan fingerprint density at radius 2 is 0.933 bits per heavy atom. The first-order chi connectivity index (χ1) is 22.3. The first-order valence-electron chi connectivity index (χ1n) is 15.0. The molecule has 0 fully saturated rings. The van der Waals surface area contributed by atoms with Crippen molar-refractivity contribution in [1.82, 2.24) is 15.0 Å². The van der Waals surface area contributed by atoms with E-state index in [0.717, 1.165) is 55.1 Å². The molecule has 7 aromatic carbocycles. The molecule has 0 aliphatic rings. The molecule has 0 unspecified atom stereocenters. The van der Waals surface area contributed by atoms with E-state index in [4.69, 9.17) is 19.4 Å². The maximum atomic E-state index is 6.61. The first kappa shape index (κ1) is 25.4. The molecule has 0 radical (unpaired) electrons. The molecule has 2 aromatic heterocycles. The number of hydrogen-bond acceptors (Lipinski definition) is 4. The second-order valence-corrected chi connectivity index (χ2v) is 11.3. The van der Waals surface area contributed by atoms with Crippen LogP contribution in [0.1, 0.15) is 0 Å². The molecule has 210 valence electrons. The van der Waals surface area contributed by atoms with Crippen LogP contribution >= 0.6 is 0 Å². The predicted octanol–water partition coefficient (Wildman–Crippen LogP) is 10.7. The summed E-state index contributed by atoms with van der Waals surface area (Å²) in [6.45, 7) is 0. The van der Waals surface area contributed by atoms with Gasteiger partial charge in [0.1, 0.15) is 11.2 Å². The number of rotatable bonds is 4. The molecule has 0 N–H and O–H groups in total. The van der Waals surface area contributed by atoms with E-state index in [-0.39, 0.29) is 0 Å². The van der Waals surface area contributed by atoms with E-state index in [2.05, 4.69) is 103 Å². The van der Waals surface area contributed by atoms with E-state index in [0.29, 0.717) is 17.5 Å². The van der Waals surface area contributed by atoms with Gasteiger partial charge in [-0.15, -0.1) is 0 Å². The van der Waals surface area contributed by atoms with Gasteiger partial charge < -0.3 is 4.42 Å². The van der Waals surface area contributed by atoms with Gasteiger partial charge in [-0.05, 0) is 57.4 Å². The average molecular weight is 576 g/mol. The van der Waals surface area contributed by atoms with Crippen molar-refractivity contribution in [2.24, 2.45) is 0 Å². The van der Waals surface area contributed by atoms with Crippen molar-refractivity contribution < 1.29 is 4.42 Å². The molecular weight excluding hydrogens is 550 g/mol. The summed E-state index contributed by atoms with van der Waals surface area (Å²) in [6.07, 6.45) is 0. The molecular formula is C41H25N3O. The molecule has 2 heterocycles. The Bertz CT molecular complexity index is 2540. The number of fused-ring (bicyclic) bond motifs is 5. The summed E-state index contributed by atoms with van der Waals surface area (Å²) >= 11 is 0. The molecule has 45 heavy (non-hydrogen) atoms. The van der Waals surface area contributed by atoms with Gasteiger partial charge in [-0.1, -0.05) is 121 Å². The van der Waals surface area contributed by atoms with Crippen LogP contribution in [-0.4, -0.2) is 15.0 Å². The Labute approximate surface area is 259 Å². The van der Waals surface area contributed by atoms with Crippen molar-refractivity contribution in [2.45, 2.75) is 0 Å². The monoisotopic (exact) mass is 575 g/mol. The molecule has 0 bridgehead atoms. The van der Waals surface area contributed by atoms with Crippen LogP contribution in [0.2, 0.25) is 0 Å². The minimum atomic E-state index is 0.618. The van der Waals surface area contributed by atoms with Crippen LogP contribution in [-0.2, 0) is 0 Å². The van der Waals surface area contributed by atoms with E-state index in [9.17, 15) is 0 Å². The highest BCUT2D eigenvalue weighted by Crippen LogP contribution is 2.42. The molecule has 0 amide bonds. The lowest BCUT2D eigenvalue weighted by atomic mass is 9.95. The molecule has 4 nitrogen and oxygen atoms in total. The normalized spacial score (nSPS) is 11.6. The van der Waals surface area contributed by atoms with Crippen LogP contribution in [0.3, 0.4) is 0 Å². The van der Waals surface area contributed by atoms with Crippen LogP contribution in [0.15, 0.2) is 156 Å². The van der Waals surface area contributed by atoms with Crippen molar-refractivity contribution in [2.75, 3.05) is 0 Å².